The fourth-order valence-corrected chi connectivity index (χ4v) is 2.96. The second-order valence-electron chi connectivity index (χ2n) is 6.32. The number of ether oxygens (including phenoxy) is 1. The first-order valence-electron chi connectivity index (χ1n) is 9.19. The molecule has 28 heavy (non-hydrogen) atoms. The quantitative estimate of drug-likeness (QED) is 0.673. The Morgan fingerprint density at radius 1 is 1.14 bits per heavy atom. The summed E-state index contributed by atoms with van der Waals surface area (Å²) in [5.74, 6) is 1.03. The van der Waals surface area contributed by atoms with Crippen LogP contribution in [0.3, 0.4) is 0 Å². The van der Waals surface area contributed by atoms with Crippen molar-refractivity contribution in [2.45, 2.75) is 20.4 Å². The number of anilines is 2. The van der Waals surface area contributed by atoms with Crippen molar-refractivity contribution >= 4 is 17.5 Å². The van der Waals surface area contributed by atoms with Gasteiger partial charge >= 0.3 is 0 Å². The highest BCUT2D eigenvalue weighted by Crippen LogP contribution is 2.20. The zero-order valence-electron chi connectivity index (χ0n) is 16.3. The van der Waals surface area contributed by atoms with Gasteiger partial charge in [-0.05, 0) is 43.7 Å². The van der Waals surface area contributed by atoms with Crippen molar-refractivity contribution in [1.29, 1.82) is 0 Å². The van der Waals surface area contributed by atoms with Crippen molar-refractivity contribution in [3.63, 3.8) is 0 Å². The lowest BCUT2D eigenvalue weighted by atomic mass is 10.2. The number of hydrogen-bond donors (Lipinski definition) is 1. The number of carbonyl (C=O) groups is 1. The number of carbonyl (C=O) groups excluding carboxylic acids is 1. The van der Waals surface area contributed by atoms with Crippen molar-refractivity contribution in [3.05, 3.63) is 77.6 Å². The van der Waals surface area contributed by atoms with E-state index < -0.39 is 0 Å². The van der Waals surface area contributed by atoms with E-state index in [1.807, 2.05) is 62.4 Å². The first-order valence-corrected chi connectivity index (χ1v) is 9.19. The zero-order chi connectivity index (χ0) is 19.9. The van der Waals surface area contributed by atoms with Crippen LogP contribution >= 0.6 is 0 Å². The number of methoxy groups -OCH3 is 1. The maximum Gasteiger partial charge on any atom is 0.277 e. The number of nitrogens with one attached hydrogen (secondary N) is 1. The Hall–Kier alpha value is -3.41. The highest BCUT2D eigenvalue weighted by Gasteiger charge is 2.18. The first-order chi connectivity index (χ1) is 13.6. The van der Waals surface area contributed by atoms with Gasteiger partial charge in [-0.2, -0.15) is 0 Å². The van der Waals surface area contributed by atoms with E-state index in [2.05, 4.69) is 15.3 Å². The average molecular weight is 376 g/mol. The molecular formula is C22H24N4O2. The van der Waals surface area contributed by atoms with Crippen LogP contribution in [0.4, 0.5) is 11.6 Å². The van der Waals surface area contributed by atoms with Crippen molar-refractivity contribution in [2.24, 2.45) is 0 Å². The molecule has 144 valence electrons. The molecule has 0 fully saturated rings. The standard InChI is InChI=1S/C22H24N4O2/c1-4-26(18-10-7-8-16(2)14-18)21(27)19-12-13-23-22(25-19)24-15-17-9-5-6-11-20(17)28-3/h5-14H,4,15H2,1-3H3,(H,23,24,25). The van der Waals surface area contributed by atoms with E-state index in [0.29, 0.717) is 24.7 Å². The monoisotopic (exact) mass is 376 g/mol. The number of aryl methyl sites for hydroxylation is 1. The SMILES string of the molecule is CCN(C(=O)c1ccnc(NCc2ccccc2OC)n1)c1cccc(C)c1. The van der Waals surface area contributed by atoms with Crippen molar-refractivity contribution in [3.8, 4) is 5.75 Å². The first kappa shape index (κ1) is 19.4. The smallest absolute Gasteiger partial charge is 0.277 e. The van der Waals surface area contributed by atoms with Gasteiger partial charge in [-0.1, -0.05) is 30.3 Å². The average Bonchev–Trinajstić information content (AvgIpc) is 2.73. The third-order valence-corrected chi connectivity index (χ3v) is 4.38. The fourth-order valence-electron chi connectivity index (χ4n) is 2.96. The van der Waals surface area contributed by atoms with Crippen LogP contribution in [0.25, 0.3) is 0 Å². The van der Waals surface area contributed by atoms with Crippen LogP contribution in [0.1, 0.15) is 28.5 Å². The second kappa shape index (κ2) is 8.99. The number of rotatable bonds is 7. The maximum absolute atomic E-state index is 13.0. The molecule has 0 radical (unpaired) electrons. The van der Waals surface area contributed by atoms with E-state index >= 15 is 0 Å². The van der Waals surface area contributed by atoms with Gasteiger partial charge in [0.05, 0.1) is 7.11 Å². The molecule has 0 aliphatic rings. The van der Waals surface area contributed by atoms with Crippen LogP contribution in [0.15, 0.2) is 60.8 Å². The van der Waals surface area contributed by atoms with Crippen LogP contribution in [-0.2, 0) is 6.54 Å². The van der Waals surface area contributed by atoms with Crippen molar-refractivity contribution in [2.75, 3.05) is 23.9 Å². The summed E-state index contributed by atoms with van der Waals surface area (Å²) in [7, 11) is 1.64. The van der Waals surface area contributed by atoms with Crippen molar-refractivity contribution < 1.29 is 9.53 Å². The summed E-state index contributed by atoms with van der Waals surface area (Å²) in [6, 6.07) is 17.2. The largest absolute Gasteiger partial charge is 0.496 e. The van der Waals surface area contributed by atoms with Crippen LogP contribution in [0.2, 0.25) is 0 Å². The van der Waals surface area contributed by atoms with Gasteiger partial charge in [0.2, 0.25) is 5.95 Å². The van der Waals surface area contributed by atoms with E-state index in [-0.39, 0.29) is 5.91 Å². The minimum absolute atomic E-state index is 0.157. The number of benzene rings is 2. The molecule has 1 heterocycles. The lowest BCUT2D eigenvalue weighted by Crippen LogP contribution is -2.31. The summed E-state index contributed by atoms with van der Waals surface area (Å²) in [4.78, 5) is 23.3. The minimum Gasteiger partial charge on any atom is -0.496 e. The molecule has 0 aliphatic carbocycles. The topological polar surface area (TPSA) is 67.4 Å². The van der Waals surface area contributed by atoms with Gasteiger partial charge in [-0.3, -0.25) is 4.79 Å². The highest BCUT2D eigenvalue weighted by atomic mass is 16.5. The molecule has 6 heteroatoms. The Balaban J connectivity index is 1.77. The lowest BCUT2D eigenvalue weighted by Gasteiger charge is -2.21. The summed E-state index contributed by atoms with van der Waals surface area (Å²) in [5.41, 5.74) is 3.29. The molecule has 0 unspecified atom stereocenters. The number of para-hydroxylation sites is 1. The minimum atomic E-state index is -0.157. The summed E-state index contributed by atoms with van der Waals surface area (Å²) < 4.78 is 5.36. The summed E-state index contributed by atoms with van der Waals surface area (Å²) in [6.07, 6.45) is 1.59. The predicted molar refractivity (Wildman–Crippen MR) is 111 cm³/mol. The third kappa shape index (κ3) is 4.46. The van der Waals surface area contributed by atoms with E-state index in [1.54, 1.807) is 24.3 Å². The Labute approximate surface area is 165 Å². The van der Waals surface area contributed by atoms with Gasteiger partial charge in [0.15, 0.2) is 0 Å². The van der Waals surface area contributed by atoms with Gasteiger partial charge < -0.3 is 15.0 Å². The molecule has 0 spiro atoms. The molecule has 0 atom stereocenters. The highest BCUT2D eigenvalue weighted by molar-refractivity contribution is 6.04. The zero-order valence-corrected chi connectivity index (χ0v) is 16.3. The molecule has 0 bridgehead atoms. The summed E-state index contributed by atoms with van der Waals surface area (Å²) >= 11 is 0. The molecule has 3 aromatic rings. The Kier molecular flexibility index (Phi) is 6.22. The molecule has 1 aromatic heterocycles. The molecular weight excluding hydrogens is 352 g/mol. The molecule has 6 nitrogen and oxygen atoms in total. The van der Waals surface area contributed by atoms with Gasteiger partial charge in [0, 0.05) is 30.5 Å². The number of amides is 1. The Bertz CT molecular complexity index is 959. The maximum atomic E-state index is 13.0. The van der Waals surface area contributed by atoms with E-state index in [9.17, 15) is 4.79 Å². The van der Waals surface area contributed by atoms with Crippen molar-refractivity contribution in [1.82, 2.24) is 9.97 Å². The van der Waals surface area contributed by atoms with E-state index in [1.165, 1.54) is 0 Å². The molecule has 0 aliphatic heterocycles. The van der Waals surface area contributed by atoms with E-state index in [0.717, 1.165) is 22.6 Å². The lowest BCUT2D eigenvalue weighted by molar-refractivity contribution is 0.0983. The van der Waals surface area contributed by atoms with Gasteiger partial charge in [-0.15, -0.1) is 0 Å². The van der Waals surface area contributed by atoms with E-state index in [4.69, 9.17) is 4.74 Å². The Morgan fingerprint density at radius 3 is 2.71 bits per heavy atom. The van der Waals surface area contributed by atoms with Crippen LogP contribution in [0, 0.1) is 6.92 Å². The molecule has 3 rings (SSSR count). The van der Waals surface area contributed by atoms with Gasteiger partial charge in [0.25, 0.3) is 5.91 Å². The number of aromatic nitrogens is 2. The van der Waals surface area contributed by atoms with Crippen LogP contribution < -0.4 is 15.0 Å². The van der Waals surface area contributed by atoms with Gasteiger partial charge in [-0.25, -0.2) is 9.97 Å². The Morgan fingerprint density at radius 2 is 1.96 bits per heavy atom. The number of hydrogen-bond acceptors (Lipinski definition) is 5. The summed E-state index contributed by atoms with van der Waals surface area (Å²) in [5, 5.41) is 3.16. The second-order valence-corrected chi connectivity index (χ2v) is 6.32. The van der Waals surface area contributed by atoms with Gasteiger partial charge in [0.1, 0.15) is 11.4 Å². The molecule has 1 amide bonds. The van der Waals surface area contributed by atoms with Crippen LogP contribution in [0.5, 0.6) is 5.75 Å². The number of nitrogens with zero attached hydrogens (tertiary/aromatic N) is 3. The molecule has 0 saturated carbocycles. The normalized spacial score (nSPS) is 10.4. The molecule has 1 N–H and O–H groups in total. The molecule has 0 saturated heterocycles. The van der Waals surface area contributed by atoms with Crippen LogP contribution in [-0.4, -0.2) is 29.5 Å². The third-order valence-electron chi connectivity index (χ3n) is 4.38. The predicted octanol–water partition coefficient (Wildman–Crippen LogP) is 4.07. The fraction of sp³-hybridized carbons (Fsp3) is 0.227. The molecule has 2 aromatic carbocycles. The summed E-state index contributed by atoms with van der Waals surface area (Å²) in [6.45, 7) is 5.00.